The fourth-order valence-corrected chi connectivity index (χ4v) is 1.56. The molecule has 0 amide bonds. The standard InChI is InChI=1S/C7H15NO/c1-6(8-9)7-4-2-3-5-7/h6-9H,2-5H2,1H3. The predicted molar refractivity (Wildman–Crippen MR) is 36.3 cm³/mol. The molecule has 1 saturated carbocycles. The molecule has 2 N–H and O–H groups in total. The van der Waals surface area contributed by atoms with E-state index in [1.165, 1.54) is 25.7 Å². The van der Waals surface area contributed by atoms with E-state index in [0.29, 0.717) is 6.04 Å². The molecule has 0 saturated heterocycles. The zero-order valence-corrected chi connectivity index (χ0v) is 5.93. The van der Waals surface area contributed by atoms with Gasteiger partial charge >= 0.3 is 0 Å². The lowest BCUT2D eigenvalue weighted by atomic mass is 10.0. The van der Waals surface area contributed by atoms with Crippen LogP contribution < -0.4 is 5.48 Å². The highest BCUT2D eigenvalue weighted by molar-refractivity contribution is 4.74. The number of hydrogen-bond donors (Lipinski definition) is 2. The maximum Gasteiger partial charge on any atom is 0.0319 e. The molecule has 1 fully saturated rings. The third-order valence-corrected chi connectivity index (χ3v) is 2.31. The fourth-order valence-electron chi connectivity index (χ4n) is 1.56. The minimum atomic E-state index is 0.299. The minimum absolute atomic E-state index is 0.299. The molecule has 1 rings (SSSR count). The normalized spacial score (nSPS) is 24.7. The molecule has 2 nitrogen and oxygen atoms in total. The zero-order chi connectivity index (χ0) is 6.69. The van der Waals surface area contributed by atoms with Crippen LogP contribution in [-0.2, 0) is 0 Å². The highest BCUT2D eigenvalue weighted by Crippen LogP contribution is 2.26. The monoisotopic (exact) mass is 129 g/mol. The molecule has 1 unspecified atom stereocenters. The Bertz CT molecular complexity index is 79.0. The summed E-state index contributed by atoms with van der Waals surface area (Å²) in [6.07, 6.45) is 5.26. The molecule has 54 valence electrons. The summed E-state index contributed by atoms with van der Waals surface area (Å²) in [6.45, 7) is 2.04. The molecule has 0 bridgehead atoms. The van der Waals surface area contributed by atoms with E-state index in [4.69, 9.17) is 5.21 Å². The first-order chi connectivity index (χ1) is 4.34. The quantitative estimate of drug-likeness (QED) is 0.554. The van der Waals surface area contributed by atoms with Gasteiger partial charge in [-0.05, 0) is 25.7 Å². The molecule has 0 aliphatic heterocycles. The van der Waals surface area contributed by atoms with Gasteiger partial charge in [0.25, 0.3) is 0 Å². The van der Waals surface area contributed by atoms with Crippen molar-refractivity contribution in [1.82, 2.24) is 5.48 Å². The summed E-state index contributed by atoms with van der Waals surface area (Å²) >= 11 is 0. The van der Waals surface area contributed by atoms with Gasteiger partial charge in [0.1, 0.15) is 0 Å². The van der Waals surface area contributed by atoms with Crippen molar-refractivity contribution >= 4 is 0 Å². The summed E-state index contributed by atoms with van der Waals surface area (Å²) in [6, 6.07) is 0.299. The smallest absolute Gasteiger partial charge is 0.0319 e. The van der Waals surface area contributed by atoms with Gasteiger partial charge in [-0.2, -0.15) is 0 Å². The second kappa shape index (κ2) is 3.18. The molecule has 0 aromatic carbocycles. The largest absolute Gasteiger partial charge is 0.317 e. The van der Waals surface area contributed by atoms with Crippen LogP contribution in [0.2, 0.25) is 0 Å². The van der Waals surface area contributed by atoms with Gasteiger partial charge in [0, 0.05) is 6.04 Å². The summed E-state index contributed by atoms with van der Waals surface area (Å²) in [7, 11) is 0. The molecular formula is C7H15NO. The highest BCUT2D eigenvalue weighted by atomic mass is 16.5. The van der Waals surface area contributed by atoms with Crippen molar-refractivity contribution in [1.29, 1.82) is 0 Å². The SMILES string of the molecule is CC(NO)C1CCCC1. The van der Waals surface area contributed by atoms with E-state index in [2.05, 4.69) is 5.48 Å². The Balaban J connectivity index is 2.24. The topological polar surface area (TPSA) is 32.3 Å². The Morgan fingerprint density at radius 1 is 1.44 bits per heavy atom. The van der Waals surface area contributed by atoms with Crippen molar-refractivity contribution < 1.29 is 5.21 Å². The van der Waals surface area contributed by atoms with Crippen LogP contribution in [0.25, 0.3) is 0 Å². The summed E-state index contributed by atoms with van der Waals surface area (Å²) in [5.41, 5.74) is 2.31. The van der Waals surface area contributed by atoms with Gasteiger partial charge in [0.15, 0.2) is 0 Å². The molecule has 1 aliphatic carbocycles. The molecule has 0 radical (unpaired) electrons. The summed E-state index contributed by atoms with van der Waals surface area (Å²) in [4.78, 5) is 0. The van der Waals surface area contributed by atoms with Crippen molar-refractivity contribution in [2.24, 2.45) is 5.92 Å². The van der Waals surface area contributed by atoms with Crippen molar-refractivity contribution in [2.45, 2.75) is 38.6 Å². The van der Waals surface area contributed by atoms with Crippen LogP contribution >= 0.6 is 0 Å². The number of nitrogens with one attached hydrogen (secondary N) is 1. The number of rotatable bonds is 2. The predicted octanol–water partition coefficient (Wildman–Crippen LogP) is 1.54. The summed E-state index contributed by atoms with van der Waals surface area (Å²) < 4.78 is 0. The molecule has 1 aliphatic rings. The lowest BCUT2D eigenvalue weighted by molar-refractivity contribution is 0.106. The molecule has 9 heavy (non-hydrogen) atoms. The minimum Gasteiger partial charge on any atom is -0.317 e. The summed E-state index contributed by atoms with van der Waals surface area (Å²) in [5.74, 6) is 0.718. The number of hydrogen-bond acceptors (Lipinski definition) is 2. The van der Waals surface area contributed by atoms with Crippen LogP contribution in [-0.4, -0.2) is 11.2 Å². The first-order valence-corrected chi connectivity index (χ1v) is 3.74. The Kier molecular flexibility index (Phi) is 2.49. The highest BCUT2D eigenvalue weighted by Gasteiger charge is 2.20. The molecule has 1 atom stereocenters. The maximum absolute atomic E-state index is 8.55. The van der Waals surface area contributed by atoms with E-state index in [0.717, 1.165) is 5.92 Å². The van der Waals surface area contributed by atoms with E-state index >= 15 is 0 Å². The van der Waals surface area contributed by atoms with Gasteiger partial charge in [-0.25, -0.2) is 5.48 Å². The van der Waals surface area contributed by atoms with Crippen LogP contribution in [0.3, 0.4) is 0 Å². The van der Waals surface area contributed by atoms with Gasteiger partial charge < -0.3 is 5.21 Å². The lowest BCUT2D eigenvalue weighted by Gasteiger charge is -2.15. The Morgan fingerprint density at radius 3 is 2.44 bits per heavy atom. The molecule has 0 aromatic rings. The molecular weight excluding hydrogens is 114 g/mol. The Labute approximate surface area is 56.2 Å². The van der Waals surface area contributed by atoms with Crippen LogP contribution in [0.5, 0.6) is 0 Å². The zero-order valence-electron chi connectivity index (χ0n) is 5.93. The van der Waals surface area contributed by atoms with Crippen LogP contribution in [0, 0.1) is 5.92 Å². The molecule has 0 aromatic heterocycles. The second-order valence-corrected chi connectivity index (χ2v) is 2.96. The number of hydroxylamine groups is 1. The first kappa shape index (κ1) is 7.03. The van der Waals surface area contributed by atoms with Gasteiger partial charge in [-0.3, -0.25) is 0 Å². The van der Waals surface area contributed by atoms with Crippen LogP contribution in [0.1, 0.15) is 32.6 Å². The fraction of sp³-hybridized carbons (Fsp3) is 1.00. The van der Waals surface area contributed by atoms with E-state index in [1.54, 1.807) is 0 Å². The van der Waals surface area contributed by atoms with Crippen molar-refractivity contribution in [3.8, 4) is 0 Å². The second-order valence-electron chi connectivity index (χ2n) is 2.96. The van der Waals surface area contributed by atoms with Gasteiger partial charge in [0.2, 0.25) is 0 Å². The summed E-state index contributed by atoms with van der Waals surface area (Å²) in [5, 5.41) is 8.55. The van der Waals surface area contributed by atoms with Crippen LogP contribution in [0.15, 0.2) is 0 Å². The maximum atomic E-state index is 8.55. The molecule has 0 heterocycles. The lowest BCUT2D eigenvalue weighted by Crippen LogP contribution is -2.29. The van der Waals surface area contributed by atoms with E-state index < -0.39 is 0 Å². The first-order valence-electron chi connectivity index (χ1n) is 3.74. The van der Waals surface area contributed by atoms with Crippen molar-refractivity contribution in [3.63, 3.8) is 0 Å². The Morgan fingerprint density at radius 2 is 2.00 bits per heavy atom. The third kappa shape index (κ3) is 1.66. The van der Waals surface area contributed by atoms with Crippen LogP contribution in [0.4, 0.5) is 0 Å². The molecule has 2 heteroatoms. The third-order valence-electron chi connectivity index (χ3n) is 2.31. The van der Waals surface area contributed by atoms with Crippen molar-refractivity contribution in [3.05, 3.63) is 0 Å². The average molecular weight is 129 g/mol. The van der Waals surface area contributed by atoms with Gasteiger partial charge in [0.05, 0.1) is 0 Å². The van der Waals surface area contributed by atoms with E-state index in [-0.39, 0.29) is 0 Å². The Hall–Kier alpha value is -0.0800. The van der Waals surface area contributed by atoms with Gasteiger partial charge in [-0.15, -0.1) is 0 Å². The van der Waals surface area contributed by atoms with E-state index in [1.807, 2.05) is 6.92 Å². The van der Waals surface area contributed by atoms with Crippen molar-refractivity contribution in [2.75, 3.05) is 0 Å². The van der Waals surface area contributed by atoms with E-state index in [9.17, 15) is 0 Å². The van der Waals surface area contributed by atoms with Gasteiger partial charge in [-0.1, -0.05) is 12.8 Å². The molecule has 0 spiro atoms. The average Bonchev–Trinajstić information content (AvgIpc) is 2.37.